The molecule has 3 aromatic rings. The van der Waals surface area contributed by atoms with Gasteiger partial charge < -0.3 is 15.4 Å². The number of rotatable bonds is 7. The van der Waals surface area contributed by atoms with Crippen LogP contribution in [0.25, 0.3) is 5.65 Å². The summed E-state index contributed by atoms with van der Waals surface area (Å²) in [5.74, 6) is 0.373. The van der Waals surface area contributed by atoms with Gasteiger partial charge in [0.25, 0.3) is 0 Å². The first-order chi connectivity index (χ1) is 14.1. The lowest BCUT2D eigenvalue weighted by Crippen LogP contribution is -2.24. The van der Waals surface area contributed by atoms with Crippen LogP contribution in [0.1, 0.15) is 55.2 Å². The fraction of sp³-hybridized carbons (Fsp3) is 0.526. The summed E-state index contributed by atoms with van der Waals surface area (Å²) in [5.41, 5.74) is 7.62. The Bertz CT molecular complexity index is 995. The van der Waals surface area contributed by atoms with E-state index in [9.17, 15) is 4.79 Å². The molecule has 1 saturated heterocycles. The molecular weight excluding hydrogens is 372 g/mol. The highest BCUT2D eigenvalue weighted by atomic mass is 16.5. The third-order valence-electron chi connectivity index (χ3n) is 5.11. The van der Waals surface area contributed by atoms with Gasteiger partial charge in [-0.1, -0.05) is 5.21 Å². The standard InChI is InChI=1S/C19H26N8O2/c1-3-29-19(28)14-11-21-27-10-7-17(22-18(14)27)26-8-4-5-16(26)15-12-25(24-23-15)9-6-13(2)20/h7,10-13,16H,3-6,8-9,20H2,1-2H3/t13-,16?/m1/s1. The normalized spacial score (nSPS) is 17.8. The van der Waals surface area contributed by atoms with E-state index in [0.717, 1.165) is 43.9 Å². The van der Waals surface area contributed by atoms with Crippen LogP contribution in [0.15, 0.2) is 24.7 Å². The zero-order valence-electron chi connectivity index (χ0n) is 16.7. The number of aryl methyl sites for hydroxylation is 1. The smallest absolute Gasteiger partial charge is 0.343 e. The van der Waals surface area contributed by atoms with Crippen LogP contribution in [-0.2, 0) is 11.3 Å². The Morgan fingerprint density at radius 1 is 1.45 bits per heavy atom. The quantitative estimate of drug-likeness (QED) is 0.596. The molecule has 1 unspecified atom stereocenters. The van der Waals surface area contributed by atoms with Gasteiger partial charge in [-0.25, -0.2) is 14.3 Å². The van der Waals surface area contributed by atoms with Gasteiger partial charge in [0.2, 0.25) is 0 Å². The molecule has 4 heterocycles. The number of carbonyl (C=O) groups excluding carboxylic acids is 1. The second kappa shape index (κ2) is 8.16. The van der Waals surface area contributed by atoms with Gasteiger partial charge in [-0.2, -0.15) is 5.10 Å². The van der Waals surface area contributed by atoms with Crippen LogP contribution in [0.3, 0.4) is 0 Å². The van der Waals surface area contributed by atoms with Crippen molar-refractivity contribution in [3.63, 3.8) is 0 Å². The van der Waals surface area contributed by atoms with Crippen LogP contribution < -0.4 is 10.6 Å². The molecule has 0 aliphatic carbocycles. The first-order valence-corrected chi connectivity index (χ1v) is 10.0. The van der Waals surface area contributed by atoms with Crippen molar-refractivity contribution in [2.75, 3.05) is 18.1 Å². The van der Waals surface area contributed by atoms with Crippen molar-refractivity contribution in [2.24, 2.45) is 5.73 Å². The Morgan fingerprint density at radius 3 is 3.10 bits per heavy atom. The van der Waals surface area contributed by atoms with Gasteiger partial charge in [0, 0.05) is 25.3 Å². The fourth-order valence-electron chi connectivity index (χ4n) is 3.63. The van der Waals surface area contributed by atoms with E-state index in [-0.39, 0.29) is 12.1 Å². The van der Waals surface area contributed by atoms with E-state index >= 15 is 0 Å². The minimum atomic E-state index is -0.415. The van der Waals surface area contributed by atoms with Crippen molar-refractivity contribution in [1.29, 1.82) is 0 Å². The van der Waals surface area contributed by atoms with Gasteiger partial charge in [-0.05, 0) is 39.2 Å². The zero-order valence-corrected chi connectivity index (χ0v) is 16.7. The fourth-order valence-corrected chi connectivity index (χ4v) is 3.63. The van der Waals surface area contributed by atoms with Crippen LogP contribution >= 0.6 is 0 Å². The Kier molecular flexibility index (Phi) is 5.43. The second-order valence-electron chi connectivity index (χ2n) is 7.36. The van der Waals surface area contributed by atoms with Crippen LogP contribution in [0.2, 0.25) is 0 Å². The molecule has 1 fully saturated rings. The number of fused-ring (bicyclic) bond motifs is 1. The molecule has 10 nitrogen and oxygen atoms in total. The molecule has 0 aromatic carbocycles. The van der Waals surface area contributed by atoms with Crippen molar-refractivity contribution >= 4 is 17.4 Å². The SMILES string of the molecule is CCOC(=O)c1cnn2ccc(N3CCCC3c3cn(CC[C@@H](C)N)nn3)nc12. The summed E-state index contributed by atoms with van der Waals surface area (Å²) < 4.78 is 8.55. The van der Waals surface area contributed by atoms with Crippen LogP contribution in [0, 0.1) is 0 Å². The predicted molar refractivity (Wildman–Crippen MR) is 107 cm³/mol. The Hall–Kier alpha value is -3.01. The first kappa shape index (κ1) is 19.3. The zero-order chi connectivity index (χ0) is 20.4. The number of carbonyl (C=O) groups is 1. The monoisotopic (exact) mass is 398 g/mol. The molecule has 0 spiro atoms. The molecule has 3 aromatic heterocycles. The summed E-state index contributed by atoms with van der Waals surface area (Å²) in [7, 11) is 0. The summed E-state index contributed by atoms with van der Waals surface area (Å²) in [6.45, 7) is 5.68. The number of nitrogens with two attached hydrogens (primary N) is 1. The number of hydrogen-bond donors (Lipinski definition) is 1. The van der Waals surface area contributed by atoms with Crippen molar-refractivity contribution in [3.05, 3.63) is 35.9 Å². The molecule has 2 atom stereocenters. The molecule has 10 heteroatoms. The largest absolute Gasteiger partial charge is 0.462 e. The molecule has 0 radical (unpaired) electrons. The van der Waals surface area contributed by atoms with Gasteiger partial charge >= 0.3 is 5.97 Å². The van der Waals surface area contributed by atoms with E-state index in [2.05, 4.69) is 20.3 Å². The van der Waals surface area contributed by atoms with E-state index in [4.69, 9.17) is 15.5 Å². The van der Waals surface area contributed by atoms with E-state index in [0.29, 0.717) is 17.8 Å². The molecule has 1 aliphatic heterocycles. The minimum Gasteiger partial charge on any atom is -0.462 e. The summed E-state index contributed by atoms with van der Waals surface area (Å²) in [6, 6.07) is 2.14. The maximum Gasteiger partial charge on any atom is 0.343 e. The van der Waals surface area contributed by atoms with Crippen molar-refractivity contribution in [1.82, 2.24) is 29.6 Å². The van der Waals surface area contributed by atoms with Crippen molar-refractivity contribution < 1.29 is 9.53 Å². The molecule has 1 aliphatic rings. The number of hydrogen-bond acceptors (Lipinski definition) is 8. The van der Waals surface area contributed by atoms with Gasteiger partial charge in [-0.3, -0.25) is 4.68 Å². The van der Waals surface area contributed by atoms with Crippen molar-refractivity contribution in [2.45, 2.75) is 51.7 Å². The summed E-state index contributed by atoms with van der Waals surface area (Å²) in [4.78, 5) is 19.1. The number of esters is 1. The Balaban J connectivity index is 1.59. The average Bonchev–Trinajstić information content (AvgIpc) is 3.44. The Morgan fingerprint density at radius 2 is 2.31 bits per heavy atom. The molecule has 4 rings (SSSR count). The summed E-state index contributed by atoms with van der Waals surface area (Å²) in [5, 5.41) is 12.8. The van der Waals surface area contributed by atoms with Gasteiger partial charge in [-0.15, -0.1) is 5.10 Å². The van der Waals surface area contributed by atoms with Gasteiger partial charge in [0.15, 0.2) is 5.65 Å². The second-order valence-corrected chi connectivity index (χ2v) is 7.36. The summed E-state index contributed by atoms with van der Waals surface area (Å²) in [6.07, 6.45) is 8.17. The highest BCUT2D eigenvalue weighted by molar-refractivity contribution is 5.95. The third-order valence-corrected chi connectivity index (χ3v) is 5.11. The number of aromatic nitrogens is 6. The van der Waals surface area contributed by atoms with Gasteiger partial charge in [0.05, 0.1) is 25.0 Å². The van der Waals surface area contributed by atoms with E-state index in [1.165, 1.54) is 6.20 Å². The van der Waals surface area contributed by atoms with E-state index < -0.39 is 5.97 Å². The summed E-state index contributed by atoms with van der Waals surface area (Å²) >= 11 is 0. The Labute approximate surface area is 168 Å². The van der Waals surface area contributed by atoms with Crippen LogP contribution in [0.5, 0.6) is 0 Å². The lowest BCUT2D eigenvalue weighted by Gasteiger charge is -2.24. The molecule has 0 amide bonds. The molecule has 29 heavy (non-hydrogen) atoms. The van der Waals surface area contributed by atoms with Crippen molar-refractivity contribution in [3.8, 4) is 0 Å². The minimum absolute atomic E-state index is 0.1000. The molecule has 0 bridgehead atoms. The van der Waals surface area contributed by atoms with Gasteiger partial charge in [0.1, 0.15) is 17.1 Å². The maximum atomic E-state index is 12.2. The number of ether oxygens (including phenoxy) is 1. The lowest BCUT2D eigenvalue weighted by molar-refractivity contribution is 0.0528. The van der Waals surface area contributed by atoms with E-state index in [1.807, 2.05) is 30.1 Å². The molecule has 0 saturated carbocycles. The topological polar surface area (TPSA) is 116 Å². The lowest BCUT2D eigenvalue weighted by atomic mass is 10.1. The number of nitrogens with zero attached hydrogens (tertiary/aromatic N) is 7. The predicted octanol–water partition coefficient (Wildman–Crippen LogP) is 1.58. The van der Waals surface area contributed by atoms with Crippen LogP contribution in [0.4, 0.5) is 5.82 Å². The van der Waals surface area contributed by atoms with Crippen LogP contribution in [-0.4, -0.2) is 54.8 Å². The van der Waals surface area contributed by atoms with E-state index in [1.54, 1.807) is 11.4 Å². The number of anilines is 1. The molecule has 2 N–H and O–H groups in total. The third kappa shape index (κ3) is 3.93. The highest BCUT2D eigenvalue weighted by Gasteiger charge is 2.30. The molecular formula is C19H26N8O2. The maximum absolute atomic E-state index is 12.2. The average molecular weight is 398 g/mol. The highest BCUT2D eigenvalue weighted by Crippen LogP contribution is 2.34. The molecule has 154 valence electrons. The first-order valence-electron chi connectivity index (χ1n) is 10.0.